The molecule has 1 aromatic carbocycles. The van der Waals surface area contributed by atoms with Crippen molar-refractivity contribution in [2.45, 2.75) is 6.42 Å². The third-order valence-corrected chi connectivity index (χ3v) is 2.94. The summed E-state index contributed by atoms with van der Waals surface area (Å²) in [5, 5.41) is 11.8. The first-order valence-corrected chi connectivity index (χ1v) is 6.52. The molecular weight excluding hydrogens is 250 g/mol. The molecule has 2 aromatic rings. The number of nitrogens with one attached hydrogen (secondary N) is 1. The van der Waals surface area contributed by atoms with Gasteiger partial charge in [0.15, 0.2) is 5.69 Å². The summed E-state index contributed by atoms with van der Waals surface area (Å²) in [6, 6.07) is 12.2. The molecule has 0 fully saturated rings. The smallest absolute Gasteiger partial charge is 0.158 e. The maximum atomic E-state index is 8.63. The number of hydrogen-bond acceptors (Lipinski definition) is 5. The highest BCUT2D eigenvalue weighted by molar-refractivity contribution is 5.44. The molecule has 1 aromatic heterocycles. The monoisotopic (exact) mass is 267 g/mol. The van der Waals surface area contributed by atoms with Gasteiger partial charge in [-0.25, -0.2) is 9.97 Å². The second kappa shape index (κ2) is 7.10. The first kappa shape index (κ1) is 13.8. The van der Waals surface area contributed by atoms with Gasteiger partial charge in [0.25, 0.3) is 0 Å². The van der Waals surface area contributed by atoms with Crippen LogP contribution < -0.4 is 10.2 Å². The number of rotatable bonds is 6. The zero-order valence-corrected chi connectivity index (χ0v) is 11.5. The first-order chi connectivity index (χ1) is 9.79. The predicted octanol–water partition coefficient (Wildman–Crippen LogP) is 2.29. The molecule has 5 heteroatoms. The van der Waals surface area contributed by atoms with Gasteiger partial charge in [-0.2, -0.15) is 5.26 Å². The van der Waals surface area contributed by atoms with Crippen LogP contribution in [0.3, 0.4) is 0 Å². The van der Waals surface area contributed by atoms with Crippen molar-refractivity contribution in [2.24, 2.45) is 0 Å². The molecule has 102 valence electrons. The number of anilines is 2. The van der Waals surface area contributed by atoms with E-state index < -0.39 is 0 Å². The van der Waals surface area contributed by atoms with Crippen LogP contribution in [0.15, 0.2) is 42.7 Å². The Balaban J connectivity index is 1.72. The van der Waals surface area contributed by atoms with Gasteiger partial charge in [0.2, 0.25) is 0 Å². The summed E-state index contributed by atoms with van der Waals surface area (Å²) < 4.78 is 0. The Hall–Kier alpha value is -2.61. The maximum Gasteiger partial charge on any atom is 0.158 e. The van der Waals surface area contributed by atoms with Crippen molar-refractivity contribution in [2.75, 3.05) is 30.4 Å². The Morgan fingerprint density at radius 2 is 2.00 bits per heavy atom. The van der Waals surface area contributed by atoms with Crippen molar-refractivity contribution in [1.82, 2.24) is 9.97 Å². The highest BCUT2D eigenvalue weighted by atomic mass is 15.1. The van der Waals surface area contributed by atoms with Crippen LogP contribution in [0.1, 0.15) is 12.1 Å². The van der Waals surface area contributed by atoms with Gasteiger partial charge in [-0.1, -0.05) is 18.2 Å². The van der Waals surface area contributed by atoms with E-state index in [-0.39, 0.29) is 0 Å². The van der Waals surface area contributed by atoms with Gasteiger partial charge in [-0.15, -0.1) is 0 Å². The fourth-order valence-corrected chi connectivity index (χ4v) is 1.82. The summed E-state index contributed by atoms with van der Waals surface area (Å²) in [6.07, 6.45) is 4.05. The van der Waals surface area contributed by atoms with E-state index >= 15 is 0 Å². The van der Waals surface area contributed by atoms with Gasteiger partial charge in [0, 0.05) is 25.8 Å². The third kappa shape index (κ3) is 3.95. The van der Waals surface area contributed by atoms with E-state index in [0.717, 1.165) is 19.5 Å². The van der Waals surface area contributed by atoms with Crippen LogP contribution in [0.25, 0.3) is 0 Å². The largest absolute Gasteiger partial charge is 0.375 e. The molecule has 0 unspecified atom stereocenters. The molecular formula is C15H17N5. The Kier molecular flexibility index (Phi) is 4.90. The molecule has 1 N–H and O–H groups in total. The molecule has 0 saturated heterocycles. The fourth-order valence-electron chi connectivity index (χ4n) is 1.82. The van der Waals surface area contributed by atoms with E-state index in [4.69, 9.17) is 5.26 Å². The van der Waals surface area contributed by atoms with Crippen molar-refractivity contribution < 1.29 is 0 Å². The first-order valence-electron chi connectivity index (χ1n) is 6.52. The van der Waals surface area contributed by atoms with Gasteiger partial charge in [-0.3, -0.25) is 0 Å². The molecule has 2 rings (SSSR count). The molecule has 0 atom stereocenters. The van der Waals surface area contributed by atoms with Crippen LogP contribution in [-0.4, -0.2) is 30.1 Å². The summed E-state index contributed by atoms with van der Waals surface area (Å²) in [7, 11) is 2.08. The SMILES string of the molecule is CN(CCCNc1cnc(C#N)cn1)c1ccccc1. The van der Waals surface area contributed by atoms with Crippen molar-refractivity contribution in [3.05, 3.63) is 48.4 Å². The lowest BCUT2D eigenvalue weighted by Gasteiger charge is -2.19. The molecule has 0 amide bonds. The lowest BCUT2D eigenvalue weighted by Crippen LogP contribution is -2.20. The third-order valence-electron chi connectivity index (χ3n) is 2.94. The summed E-state index contributed by atoms with van der Waals surface area (Å²) in [4.78, 5) is 10.3. The predicted molar refractivity (Wildman–Crippen MR) is 79.6 cm³/mol. The van der Waals surface area contributed by atoms with Gasteiger partial charge in [0.1, 0.15) is 11.9 Å². The van der Waals surface area contributed by atoms with Crippen LogP contribution in [0.4, 0.5) is 11.5 Å². The molecule has 0 aliphatic heterocycles. The van der Waals surface area contributed by atoms with Crippen LogP contribution in [-0.2, 0) is 0 Å². The summed E-state index contributed by atoms with van der Waals surface area (Å²) >= 11 is 0. The molecule has 5 nitrogen and oxygen atoms in total. The zero-order valence-electron chi connectivity index (χ0n) is 11.5. The second-order valence-corrected chi connectivity index (χ2v) is 4.44. The standard InChI is InChI=1S/C15H17N5/c1-20(14-6-3-2-4-7-14)9-5-8-17-15-12-18-13(10-16)11-19-15/h2-4,6-7,11-12H,5,8-9H2,1H3,(H,17,19). The highest BCUT2D eigenvalue weighted by Gasteiger charge is 2.00. The van der Waals surface area contributed by atoms with Gasteiger partial charge in [-0.05, 0) is 18.6 Å². The van der Waals surface area contributed by atoms with E-state index in [2.05, 4.69) is 39.4 Å². The quantitative estimate of drug-likeness (QED) is 0.813. The average Bonchev–Trinajstić information content (AvgIpc) is 2.53. The van der Waals surface area contributed by atoms with Crippen LogP contribution in [0.2, 0.25) is 0 Å². The molecule has 0 bridgehead atoms. The van der Waals surface area contributed by atoms with Gasteiger partial charge in [0.05, 0.1) is 12.4 Å². The minimum atomic E-state index is 0.333. The normalized spacial score (nSPS) is 9.80. The lowest BCUT2D eigenvalue weighted by molar-refractivity contribution is 0.813. The molecule has 0 saturated carbocycles. The number of hydrogen-bond donors (Lipinski definition) is 1. The van der Waals surface area contributed by atoms with E-state index in [1.165, 1.54) is 11.9 Å². The van der Waals surface area contributed by atoms with Crippen molar-refractivity contribution >= 4 is 11.5 Å². The molecule has 20 heavy (non-hydrogen) atoms. The number of benzene rings is 1. The maximum absolute atomic E-state index is 8.63. The molecule has 0 aliphatic rings. The number of para-hydroxylation sites is 1. The lowest BCUT2D eigenvalue weighted by atomic mass is 10.3. The van der Waals surface area contributed by atoms with Crippen molar-refractivity contribution in [3.63, 3.8) is 0 Å². The number of aromatic nitrogens is 2. The summed E-state index contributed by atoms with van der Waals surface area (Å²) in [5.74, 6) is 0.700. The van der Waals surface area contributed by atoms with Crippen molar-refractivity contribution in [3.8, 4) is 6.07 Å². The van der Waals surface area contributed by atoms with Crippen LogP contribution in [0, 0.1) is 11.3 Å². The van der Waals surface area contributed by atoms with E-state index in [1.54, 1.807) is 6.20 Å². The van der Waals surface area contributed by atoms with E-state index in [9.17, 15) is 0 Å². The van der Waals surface area contributed by atoms with Crippen molar-refractivity contribution in [1.29, 1.82) is 5.26 Å². The molecule has 0 spiro atoms. The van der Waals surface area contributed by atoms with Gasteiger partial charge < -0.3 is 10.2 Å². The average molecular weight is 267 g/mol. The van der Waals surface area contributed by atoms with E-state index in [1.807, 2.05) is 24.3 Å². The number of nitrogens with zero attached hydrogens (tertiary/aromatic N) is 4. The highest BCUT2D eigenvalue weighted by Crippen LogP contribution is 2.11. The zero-order chi connectivity index (χ0) is 14.2. The molecule has 0 radical (unpaired) electrons. The Bertz CT molecular complexity index is 559. The minimum absolute atomic E-state index is 0.333. The fraction of sp³-hybridized carbons (Fsp3) is 0.267. The Labute approximate surface area is 118 Å². The van der Waals surface area contributed by atoms with E-state index in [0.29, 0.717) is 11.5 Å². The minimum Gasteiger partial charge on any atom is -0.375 e. The van der Waals surface area contributed by atoms with Gasteiger partial charge >= 0.3 is 0 Å². The topological polar surface area (TPSA) is 64.8 Å². The Morgan fingerprint density at radius 3 is 2.65 bits per heavy atom. The molecule has 1 heterocycles. The summed E-state index contributed by atoms with van der Waals surface area (Å²) in [6.45, 7) is 1.78. The van der Waals surface area contributed by atoms with Crippen LogP contribution >= 0.6 is 0 Å². The molecule has 0 aliphatic carbocycles. The Morgan fingerprint density at radius 1 is 1.20 bits per heavy atom. The van der Waals surface area contributed by atoms with Crippen LogP contribution in [0.5, 0.6) is 0 Å². The number of nitriles is 1. The second-order valence-electron chi connectivity index (χ2n) is 4.44. The summed E-state index contributed by atoms with van der Waals surface area (Å²) in [5.41, 5.74) is 1.55.